The zero-order valence-corrected chi connectivity index (χ0v) is 17.6. The van der Waals surface area contributed by atoms with E-state index < -0.39 is 5.60 Å². The topological polar surface area (TPSA) is 73.4 Å². The number of carbonyl (C=O) groups excluding carboxylic acids is 1. The second kappa shape index (κ2) is 9.15. The normalized spacial score (nSPS) is 29.9. The Morgan fingerprint density at radius 2 is 1.72 bits per heavy atom. The Balaban J connectivity index is 1.29. The van der Waals surface area contributed by atoms with E-state index in [9.17, 15) is 9.90 Å². The van der Waals surface area contributed by atoms with Crippen molar-refractivity contribution in [2.75, 3.05) is 19.6 Å². The van der Waals surface area contributed by atoms with Gasteiger partial charge in [0.15, 0.2) is 0 Å². The predicted octanol–water partition coefficient (Wildman–Crippen LogP) is 2.76. The van der Waals surface area contributed by atoms with Gasteiger partial charge in [-0.15, -0.1) is 0 Å². The Labute approximate surface area is 175 Å². The highest BCUT2D eigenvalue weighted by Gasteiger charge is 2.39. The van der Waals surface area contributed by atoms with Gasteiger partial charge in [-0.2, -0.15) is 0 Å². The van der Waals surface area contributed by atoms with Crippen LogP contribution in [0.15, 0.2) is 24.3 Å². The van der Waals surface area contributed by atoms with Gasteiger partial charge in [-0.1, -0.05) is 69.2 Å². The number of aryl methyl sites for hydroxylation is 1. The third kappa shape index (κ3) is 4.84. The molecule has 1 saturated heterocycles. The van der Waals surface area contributed by atoms with Crippen molar-refractivity contribution >= 4 is 5.91 Å². The van der Waals surface area contributed by atoms with Crippen LogP contribution in [-0.4, -0.2) is 42.2 Å². The number of benzene rings is 1. The molecule has 5 nitrogen and oxygen atoms in total. The molecule has 1 amide bonds. The zero-order valence-electron chi connectivity index (χ0n) is 17.6. The summed E-state index contributed by atoms with van der Waals surface area (Å²) in [5, 5.41) is 21.3. The fraction of sp³-hybridized carbons (Fsp3) is 0.708. The molecule has 4 N–H and O–H groups in total. The van der Waals surface area contributed by atoms with Gasteiger partial charge in [-0.25, -0.2) is 0 Å². The maximum atomic E-state index is 12.8. The van der Waals surface area contributed by atoms with Crippen LogP contribution in [0.25, 0.3) is 0 Å². The van der Waals surface area contributed by atoms with Gasteiger partial charge in [0.05, 0.1) is 12.6 Å². The van der Waals surface area contributed by atoms with Gasteiger partial charge < -0.3 is 21.1 Å². The monoisotopic (exact) mass is 399 g/mol. The van der Waals surface area contributed by atoms with Crippen LogP contribution in [0.2, 0.25) is 0 Å². The Kier molecular flexibility index (Phi) is 6.57. The van der Waals surface area contributed by atoms with Crippen LogP contribution in [0, 0.1) is 0 Å². The average Bonchev–Trinajstić information content (AvgIpc) is 3.09. The number of amides is 1. The first-order chi connectivity index (χ1) is 14.1. The van der Waals surface area contributed by atoms with Crippen molar-refractivity contribution in [2.24, 2.45) is 0 Å². The van der Waals surface area contributed by atoms with Crippen molar-refractivity contribution in [3.05, 3.63) is 35.4 Å². The maximum Gasteiger partial charge on any atom is 0.238 e. The SMILES string of the molecule is O=C(NC[C@]1(O)CCc2ccccc21)C1CNC2(CCCCCCCCC2)CN1. The molecule has 2 fully saturated rings. The highest BCUT2D eigenvalue weighted by molar-refractivity contribution is 5.82. The molecule has 3 aliphatic rings. The molecule has 1 spiro atoms. The third-order valence-electron chi connectivity index (χ3n) is 7.38. The minimum atomic E-state index is -0.939. The zero-order chi connectivity index (χ0) is 20.2. The lowest BCUT2D eigenvalue weighted by atomic mass is 9.83. The fourth-order valence-corrected chi connectivity index (χ4v) is 5.45. The van der Waals surface area contributed by atoms with Gasteiger partial charge in [0.2, 0.25) is 5.91 Å². The largest absolute Gasteiger partial charge is 0.383 e. The molecule has 1 saturated carbocycles. The summed E-state index contributed by atoms with van der Waals surface area (Å²) in [5.41, 5.74) is 1.37. The number of piperazine rings is 1. The lowest BCUT2D eigenvalue weighted by molar-refractivity contribution is -0.125. The first-order valence-electron chi connectivity index (χ1n) is 11.7. The van der Waals surface area contributed by atoms with Crippen LogP contribution in [0.5, 0.6) is 0 Å². The molecule has 0 aromatic heterocycles. The van der Waals surface area contributed by atoms with Crippen molar-refractivity contribution < 1.29 is 9.90 Å². The molecule has 2 aliphatic carbocycles. The molecule has 1 aromatic rings. The number of hydrogen-bond donors (Lipinski definition) is 4. The summed E-state index contributed by atoms with van der Waals surface area (Å²) in [5.74, 6) is -0.00924. The Bertz CT molecular complexity index is 687. The van der Waals surface area contributed by atoms with E-state index in [1.165, 1.54) is 63.4 Å². The number of hydrogen-bond acceptors (Lipinski definition) is 4. The molecule has 5 heteroatoms. The second-order valence-corrected chi connectivity index (χ2v) is 9.48. The molecule has 160 valence electrons. The van der Waals surface area contributed by atoms with E-state index in [0.29, 0.717) is 13.0 Å². The smallest absolute Gasteiger partial charge is 0.238 e. The molecule has 0 bridgehead atoms. The summed E-state index contributed by atoms with van der Waals surface area (Å²) >= 11 is 0. The number of rotatable bonds is 3. The Morgan fingerprint density at radius 3 is 2.41 bits per heavy atom. The van der Waals surface area contributed by atoms with Crippen LogP contribution < -0.4 is 16.0 Å². The number of nitrogens with one attached hydrogen (secondary N) is 3. The fourth-order valence-electron chi connectivity index (χ4n) is 5.45. The minimum Gasteiger partial charge on any atom is -0.383 e. The van der Waals surface area contributed by atoms with E-state index in [1.807, 2.05) is 18.2 Å². The van der Waals surface area contributed by atoms with E-state index in [4.69, 9.17) is 0 Å². The summed E-state index contributed by atoms with van der Waals surface area (Å²) in [6, 6.07) is 7.80. The quantitative estimate of drug-likeness (QED) is 0.631. The lowest BCUT2D eigenvalue weighted by Crippen LogP contribution is -2.66. The van der Waals surface area contributed by atoms with Crippen molar-refractivity contribution in [3.63, 3.8) is 0 Å². The Morgan fingerprint density at radius 1 is 1.03 bits per heavy atom. The van der Waals surface area contributed by atoms with Gasteiger partial charge >= 0.3 is 0 Å². The third-order valence-corrected chi connectivity index (χ3v) is 7.38. The van der Waals surface area contributed by atoms with Crippen LogP contribution >= 0.6 is 0 Å². The molecule has 0 radical (unpaired) electrons. The first kappa shape index (κ1) is 20.8. The van der Waals surface area contributed by atoms with E-state index in [1.54, 1.807) is 0 Å². The molecule has 1 aromatic carbocycles. The number of carbonyl (C=O) groups is 1. The minimum absolute atomic E-state index is 0.00924. The maximum absolute atomic E-state index is 12.8. The van der Waals surface area contributed by atoms with E-state index in [0.717, 1.165) is 18.5 Å². The van der Waals surface area contributed by atoms with Gasteiger partial charge in [-0.05, 0) is 36.8 Å². The van der Waals surface area contributed by atoms with E-state index in [-0.39, 0.29) is 24.0 Å². The number of aliphatic hydroxyl groups is 1. The standard InChI is InChI=1S/C24H37N3O2/c28-22(26-18-24(29)15-12-19-10-6-7-11-20(19)24)21-16-27-23(17-25-21)13-8-4-2-1-3-5-9-14-23/h6-7,10-11,21,25,27,29H,1-5,8-9,12-18H2,(H,26,28)/t21?,24-/m1/s1. The summed E-state index contributed by atoms with van der Waals surface area (Å²) in [7, 11) is 0. The highest BCUT2D eigenvalue weighted by Crippen LogP contribution is 2.36. The Hall–Kier alpha value is -1.43. The average molecular weight is 400 g/mol. The summed E-state index contributed by atoms with van der Waals surface area (Å²) in [6.45, 7) is 1.81. The van der Waals surface area contributed by atoms with Gasteiger partial charge in [0.1, 0.15) is 5.60 Å². The summed E-state index contributed by atoms with van der Waals surface area (Å²) in [6.07, 6.45) is 13.3. The van der Waals surface area contributed by atoms with Crippen LogP contribution in [0.3, 0.4) is 0 Å². The highest BCUT2D eigenvalue weighted by atomic mass is 16.3. The molecule has 2 atom stereocenters. The van der Waals surface area contributed by atoms with Crippen molar-refractivity contribution in [1.82, 2.24) is 16.0 Å². The van der Waals surface area contributed by atoms with Gasteiger partial charge in [-0.3, -0.25) is 4.79 Å². The number of fused-ring (bicyclic) bond motifs is 1. The molecule has 29 heavy (non-hydrogen) atoms. The predicted molar refractivity (Wildman–Crippen MR) is 116 cm³/mol. The first-order valence-corrected chi connectivity index (χ1v) is 11.7. The van der Waals surface area contributed by atoms with Crippen molar-refractivity contribution in [2.45, 2.75) is 87.8 Å². The molecule has 4 rings (SSSR count). The van der Waals surface area contributed by atoms with Crippen LogP contribution in [-0.2, 0) is 16.8 Å². The van der Waals surface area contributed by atoms with Crippen LogP contribution in [0.4, 0.5) is 0 Å². The lowest BCUT2D eigenvalue weighted by Gasteiger charge is -2.42. The van der Waals surface area contributed by atoms with Crippen LogP contribution in [0.1, 0.15) is 75.3 Å². The van der Waals surface area contributed by atoms with Crippen molar-refractivity contribution in [3.8, 4) is 0 Å². The van der Waals surface area contributed by atoms with E-state index >= 15 is 0 Å². The summed E-state index contributed by atoms with van der Waals surface area (Å²) < 4.78 is 0. The molecular formula is C24H37N3O2. The van der Waals surface area contributed by atoms with Crippen molar-refractivity contribution in [1.29, 1.82) is 0 Å². The van der Waals surface area contributed by atoms with Gasteiger partial charge in [0, 0.05) is 18.6 Å². The summed E-state index contributed by atoms with van der Waals surface area (Å²) in [4.78, 5) is 12.8. The second-order valence-electron chi connectivity index (χ2n) is 9.48. The molecule has 1 aliphatic heterocycles. The molecule has 1 heterocycles. The van der Waals surface area contributed by atoms with E-state index in [2.05, 4.69) is 22.0 Å². The molecular weight excluding hydrogens is 362 g/mol. The molecule has 1 unspecified atom stereocenters. The van der Waals surface area contributed by atoms with Gasteiger partial charge in [0.25, 0.3) is 0 Å².